The molecule has 0 aromatic heterocycles. The van der Waals surface area contributed by atoms with Crippen LogP contribution in [-0.4, -0.2) is 19.9 Å². The molecule has 0 heterocycles. The molecule has 0 amide bonds. The third-order valence-electron chi connectivity index (χ3n) is 5.64. The lowest BCUT2D eigenvalue weighted by molar-refractivity contribution is 0.181. The van der Waals surface area contributed by atoms with E-state index < -0.39 is 0 Å². The molecule has 0 spiro atoms. The minimum absolute atomic E-state index is 0.358. The average molecular weight is 346 g/mol. The molecule has 0 saturated heterocycles. The molecule has 3 heteroatoms. The zero-order chi connectivity index (χ0) is 18.2. The van der Waals surface area contributed by atoms with Crippen molar-refractivity contribution in [3.8, 4) is 0 Å². The van der Waals surface area contributed by atoms with E-state index in [0.29, 0.717) is 18.0 Å². The number of benzene rings is 2. The molecule has 1 aliphatic rings. The van der Waals surface area contributed by atoms with Crippen LogP contribution < -0.4 is 11.1 Å². The largest absolute Gasteiger partial charge is 0.327 e. The van der Waals surface area contributed by atoms with Crippen molar-refractivity contribution in [1.29, 1.82) is 0 Å². The van der Waals surface area contributed by atoms with Gasteiger partial charge in [-0.2, -0.15) is 0 Å². The summed E-state index contributed by atoms with van der Waals surface area (Å²) in [7, 11) is 5.55. The van der Waals surface area contributed by atoms with Crippen molar-refractivity contribution in [2.24, 2.45) is 11.7 Å². The number of hydrogen-bond acceptors (Lipinski definition) is 2. The van der Waals surface area contributed by atoms with Gasteiger partial charge in [0, 0.05) is 18.6 Å². The van der Waals surface area contributed by atoms with Crippen LogP contribution in [0.2, 0.25) is 6.32 Å². The summed E-state index contributed by atoms with van der Waals surface area (Å²) >= 11 is 0. The Bertz CT molecular complexity index is 635. The van der Waals surface area contributed by atoms with E-state index in [-0.39, 0.29) is 0 Å². The van der Waals surface area contributed by atoms with Gasteiger partial charge in [0.05, 0.1) is 7.85 Å². The molecule has 0 bridgehead atoms. The highest BCUT2D eigenvalue weighted by Crippen LogP contribution is 2.31. The molecule has 26 heavy (non-hydrogen) atoms. The maximum atomic E-state index is 6.30. The Balaban J connectivity index is 1.36. The van der Waals surface area contributed by atoms with Gasteiger partial charge < -0.3 is 11.1 Å². The van der Waals surface area contributed by atoms with Crippen molar-refractivity contribution in [2.45, 2.75) is 63.5 Å². The summed E-state index contributed by atoms with van der Waals surface area (Å²) in [4.78, 5) is 0. The van der Waals surface area contributed by atoms with Crippen molar-refractivity contribution in [2.75, 3.05) is 0 Å². The smallest absolute Gasteiger partial charge is 0.0653 e. The third-order valence-corrected chi connectivity index (χ3v) is 5.64. The molecule has 1 unspecified atom stereocenters. The SMILES string of the molecule is [B]CCCCC(N)C1CC(NCc2ccc(Cc3ccccc3)cc2)C1. The number of nitrogens with one attached hydrogen (secondary N) is 1. The minimum Gasteiger partial charge on any atom is -0.327 e. The van der Waals surface area contributed by atoms with Gasteiger partial charge in [0.2, 0.25) is 0 Å². The minimum atomic E-state index is 0.358. The number of nitrogens with two attached hydrogens (primary N) is 1. The first kappa shape index (κ1) is 19.2. The molecule has 1 fully saturated rings. The lowest BCUT2D eigenvalue weighted by Gasteiger charge is -2.39. The summed E-state index contributed by atoms with van der Waals surface area (Å²) < 4.78 is 0. The second-order valence-corrected chi connectivity index (χ2v) is 7.74. The highest BCUT2D eigenvalue weighted by Gasteiger charge is 2.32. The number of unbranched alkanes of at least 4 members (excludes halogenated alkanes) is 1. The van der Waals surface area contributed by atoms with Gasteiger partial charge in [-0.3, -0.25) is 0 Å². The summed E-state index contributed by atoms with van der Waals surface area (Å²) in [5.74, 6) is 0.693. The van der Waals surface area contributed by atoms with Crippen molar-refractivity contribution in [1.82, 2.24) is 5.32 Å². The summed E-state index contributed by atoms with van der Waals surface area (Å²) in [5.41, 5.74) is 10.4. The Hall–Kier alpha value is -1.58. The second kappa shape index (κ2) is 9.94. The maximum absolute atomic E-state index is 6.30. The molecule has 1 atom stereocenters. The fourth-order valence-corrected chi connectivity index (χ4v) is 3.81. The molecule has 3 rings (SSSR count). The Morgan fingerprint density at radius 3 is 2.27 bits per heavy atom. The first-order valence-corrected chi connectivity index (χ1v) is 10.1. The van der Waals surface area contributed by atoms with Gasteiger partial charge in [-0.25, -0.2) is 0 Å². The monoisotopic (exact) mass is 346 g/mol. The van der Waals surface area contributed by atoms with Gasteiger partial charge in [-0.1, -0.05) is 73.8 Å². The van der Waals surface area contributed by atoms with Crippen molar-refractivity contribution < 1.29 is 0 Å². The topological polar surface area (TPSA) is 38.0 Å². The first-order chi connectivity index (χ1) is 12.7. The molecule has 2 aromatic carbocycles. The maximum Gasteiger partial charge on any atom is 0.0653 e. The van der Waals surface area contributed by atoms with Crippen LogP contribution in [0.5, 0.6) is 0 Å². The molecular formula is C23H31BN2. The van der Waals surface area contributed by atoms with Gasteiger partial charge in [0.1, 0.15) is 0 Å². The van der Waals surface area contributed by atoms with Crippen LogP contribution in [0.25, 0.3) is 0 Å². The van der Waals surface area contributed by atoms with Gasteiger partial charge in [0.25, 0.3) is 0 Å². The van der Waals surface area contributed by atoms with Crippen LogP contribution in [-0.2, 0) is 13.0 Å². The number of hydrogen-bond donors (Lipinski definition) is 2. The lowest BCUT2D eigenvalue weighted by Crippen LogP contribution is -2.48. The highest BCUT2D eigenvalue weighted by atomic mass is 14.9. The molecule has 1 aliphatic carbocycles. The first-order valence-electron chi connectivity index (χ1n) is 10.1. The predicted octanol–water partition coefficient (Wildman–Crippen LogP) is 4.23. The summed E-state index contributed by atoms with van der Waals surface area (Å²) in [6.45, 7) is 0.950. The van der Waals surface area contributed by atoms with E-state index in [1.807, 2.05) is 0 Å². The fraction of sp³-hybridized carbons (Fsp3) is 0.478. The normalized spacial score (nSPS) is 20.5. The van der Waals surface area contributed by atoms with E-state index in [9.17, 15) is 0 Å². The molecular weight excluding hydrogens is 315 g/mol. The molecule has 0 aliphatic heterocycles. The summed E-state index contributed by atoms with van der Waals surface area (Å²) in [5, 5.41) is 3.68. The zero-order valence-corrected chi connectivity index (χ0v) is 15.7. The van der Waals surface area contributed by atoms with E-state index in [4.69, 9.17) is 13.6 Å². The van der Waals surface area contributed by atoms with Crippen molar-refractivity contribution in [3.05, 3.63) is 71.3 Å². The number of rotatable bonds is 10. The van der Waals surface area contributed by atoms with Gasteiger partial charge in [-0.05, 0) is 48.3 Å². The highest BCUT2D eigenvalue weighted by molar-refractivity contribution is 6.08. The Kier molecular flexibility index (Phi) is 7.34. The Morgan fingerprint density at radius 1 is 0.923 bits per heavy atom. The Morgan fingerprint density at radius 2 is 1.58 bits per heavy atom. The van der Waals surface area contributed by atoms with Crippen molar-refractivity contribution >= 4 is 7.85 Å². The van der Waals surface area contributed by atoms with E-state index in [0.717, 1.165) is 32.1 Å². The molecule has 3 N–H and O–H groups in total. The van der Waals surface area contributed by atoms with E-state index in [2.05, 4.69) is 59.9 Å². The summed E-state index contributed by atoms with van der Waals surface area (Å²) in [6, 6.07) is 20.6. The van der Waals surface area contributed by atoms with Crippen molar-refractivity contribution in [3.63, 3.8) is 0 Å². The Labute approximate surface area is 160 Å². The zero-order valence-electron chi connectivity index (χ0n) is 15.7. The lowest BCUT2D eigenvalue weighted by atomic mass is 9.74. The predicted molar refractivity (Wildman–Crippen MR) is 111 cm³/mol. The van der Waals surface area contributed by atoms with Crippen LogP contribution in [0.1, 0.15) is 48.8 Å². The molecule has 2 aromatic rings. The molecule has 136 valence electrons. The molecule has 1 saturated carbocycles. The standard InChI is InChI=1S/C23H31BN2/c24-13-5-4-8-23(25)21-15-22(16-21)26-17-20-11-9-19(10-12-20)14-18-6-2-1-3-7-18/h1-3,6-7,9-12,21-23,26H,4-5,8,13-17,25H2. The van der Waals surface area contributed by atoms with Gasteiger partial charge >= 0.3 is 0 Å². The quantitative estimate of drug-likeness (QED) is 0.499. The van der Waals surface area contributed by atoms with Crippen LogP contribution in [0, 0.1) is 5.92 Å². The van der Waals surface area contributed by atoms with Gasteiger partial charge in [0.15, 0.2) is 0 Å². The van der Waals surface area contributed by atoms with Crippen LogP contribution >= 0.6 is 0 Å². The van der Waals surface area contributed by atoms with E-state index in [1.165, 1.54) is 36.0 Å². The van der Waals surface area contributed by atoms with Crippen LogP contribution in [0.15, 0.2) is 54.6 Å². The second-order valence-electron chi connectivity index (χ2n) is 7.74. The molecule has 2 nitrogen and oxygen atoms in total. The van der Waals surface area contributed by atoms with Crippen LogP contribution in [0.4, 0.5) is 0 Å². The van der Waals surface area contributed by atoms with Crippen LogP contribution in [0.3, 0.4) is 0 Å². The van der Waals surface area contributed by atoms with Gasteiger partial charge in [-0.15, -0.1) is 0 Å². The average Bonchev–Trinajstić information content (AvgIpc) is 2.63. The van der Waals surface area contributed by atoms with E-state index in [1.54, 1.807) is 0 Å². The fourth-order valence-electron chi connectivity index (χ4n) is 3.81. The van der Waals surface area contributed by atoms with E-state index >= 15 is 0 Å². The summed E-state index contributed by atoms with van der Waals surface area (Å²) in [6.07, 6.45) is 7.61. The molecule has 2 radical (unpaired) electrons. The third kappa shape index (κ3) is 5.72.